The first-order valence-electron chi connectivity index (χ1n) is 10.3. The number of likely N-dealkylation sites (N-methyl/N-ethyl adjacent to an activating group) is 1. The van der Waals surface area contributed by atoms with Gasteiger partial charge in [-0.3, -0.25) is 4.79 Å². The van der Waals surface area contributed by atoms with Gasteiger partial charge in [-0.2, -0.15) is 0 Å². The fourth-order valence-corrected chi connectivity index (χ4v) is 3.71. The Hall–Kier alpha value is -3.11. The van der Waals surface area contributed by atoms with E-state index in [1.54, 1.807) is 7.11 Å². The van der Waals surface area contributed by atoms with Crippen LogP contribution in [0.5, 0.6) is 5.75 Å². The zero-order chi connectivity index (χ0) is 21.3. The molecule has 30 heavy (non-hydrogen) atoms. The second kappa shape index (κ2) is 10.6. The monoisotopic (exact) mass is 402 g/mol. The van der Waals surface area contributed by atoms with Gasteiger partial charge in [-0.25, -0.2) is 0 Å². The first-order chi connectivity index (χ1) is 14.6. The van der Waals surface area contributed by atoms with Crippen molar-refractivity contribution < 1.29 is 9.53 Å². The smallest absolute Gasteiger partial charge is 0.221 e. The molecule has 0 aliphatic rings. The highest BCUT2D eigenvalue weighted by Gasteiger charge is 2.20. The van der Waals surface area contributed by atoms with Crippen molar-refractivity contribution in [2.45, 2.75) is 18.4 Å². The number of rotatable bonds is 9. The molecule has 1 atom stereocenters. The van der Waals surface area contributed by atoms with Crippen molar-refractivity contribution in [1.29, 1.82) is 0 Å². The summed E-state index contributed by atoms with van der Waals surface area (Å²) in [6.45, 7) is 0.537. The van der Waals surface area contributed by atoms with Gasteiger partial charge in [0.1, 0.15) is 5.75 Å². The Morgan fingerprint density at radius 2 is 1.43 bits per heavy atom. The van der Waals surface area contributed by atoms with Crippen LogP contribution in [0.4, 0.5) is 0 Å². The van der Waals surface area contributed by atoms with Crippen LogP contribution in [0.1, 0.15) is 35.1 Å². The van der Waals surface area contributed by atoms with Crippen molar-refractivity contribution in [3.05, 3.63) is 102 Å². The average Bonchev–Trinajstić information content (AvgIpc) is 2.78. The topological polar surface area (TPSA) is 41.6 Å². The summed E-state index contributed by atoms with van der Waals surface area (Å²) in [5, 5.41) is 3.15. The highest BCUT2D eigenvalue weighted by molar-refractivity contribution is 5.77. The SMILES string of the molecule is COc1cccc(C(CNC(=O)CC(c2ccccc2)c2ccccc2)N(C)C)c1. The van der Waals surface area contributed by atoms with E-state index >= 15 is 0 Å². The van der Waals surface area contributed by atoms with Gasteiger partial charge in [-0.05, 0) is 42.9 Å². The quantitative estimate of drug-likeness (QED) is 0.567. The lowest BCUT2D eigenvalue weighted by Crippen LogP contribution is -2.35. The minimum Gasteiger partial charge on any atom is -0.497 e. The van der Waals surface area contributed by atoms with E-state index in [1.807, 2.05) is 68.7 Å². The van der Waals surface area contributed by atoms with E-state index < -0.39 is 0 Å². The Balaban J connectivity index is 1.71. The molecule has 1 amide bonds. The molecule has 3 aromatic carbocycles. The summed E-state index contributed by atoms with van der Waals surface area (Å²) >= 11 is 0. The molecular weight excluding hydrogens is 372 g/mol. The van der Waals surface area contributed by atoms with Gasteiger partial charge in [0.05, 0.1) is 13.2 Å². The largest absolute Gasteiger partial charge is 0.497 e. The van der Waals surface area contributed by atoms with Gasteiger partial charge < -0.3 is 15.0 Å². The number of methoxy groups -OCH3 is 1. The molecule has 0 heterocycles. The van der Waals surface area contributed by atoms with Gasteiger partial charge >= 0.3 is 0 Å². The maximum absolute atomic E-state index is 12.9. The minimum absolute atomic E-state index is 0.0297. The van der Waals surface area contributed by atoms with Crippen molar-refractivity contribution in [2.24, 2.45) is 0 Å². The number of hydrogen-bond donors (Lipinski definition) is 1. The Morgan fingerprint density at radius 3 is 1.97 bits per heavy atom. The van der Waals surface area contributed by atoms with Gasteiger partial charge in [-0.1, -0.05) is 72.8 Å². The Labute approximate surface area is 179 Å². The van der Waals surface area contributed by atoms with Gasteiger partial charge in [0.2, 0.25) is 5.91 Å². The third-order valence-electron chi connectivity index (χ3n) is 5.39. The molecule has 4 nitrogen and oxygen atoms in total. The van der Waals surface area contributed by atoms with E-state index in [2.05, 4.69) is 40.5 Å². The fraction of sp³-hybridized carbons (Fsp3) is 0.269. The van der Waals surface area contributed by atoms with E-state index in [0.717, 1.165) is 22.4 Å². The molecule has 0 aliphatic carbocycles. The Bertz CT molecular complexity index is 887. The van der Waals surface area contributed by atoms with Crippen LogP contribution in [0.2, 0.25) is 0 Å². The molecule has 0 aromatic heterocycles. The number of nitrogens with zero attached hydrogens (tertiary/aromatic N) is 1. The molecule has 0 radical (unpaired) electrons. The minimum atomic E-state index is 0.0297. The van der Waals surface area contributed by atoms with Crippen LogP contribution in [-0.4, -0.2) is 38.6 Å². The maximum Gasteiger partial charge on any atom is 0.221 e. The van der Waals surface area contributed by atoms with E-state index in [9.17, 15) is 4.79 Å². The molecule has 0 saturated heterocycles. The summed E-state index contributed by atoms with van der Waals surface area (Å²) in [5.74, 6) is 0.892. The standard InChI is InChI=1S/C26H30N2O2/c1-28(2)25(22-15-10-16-23(17-22)30-3)19-27-26(29)18-24(20-11-6-4-7-12-20)21-13-8-5-9-14-21/h4-17,24-25H,18-19H2,1-3H3,(H,27,29). The molecular formula is C26H30N2O2. The Kier molecular flexibility index (Phi) is 7.63. The molecule has 0 saturated carbocycles. The highest BCUT2D eigenvalue weighted by Crippen LogP contribution is 2.28. The van der Waals surface area contributed by atoms with E-state index in [4.69, 9.17) is 4.74 Å². The first-order valence-corrected chi connectivity index (χ1v) is 10.3. The maximum atomic E-state index is 12.9. The van der Waals surface area contributed by atoms with Crippen molar-refractivity contribution in [2.75, 3.05) is 27.7 Å². The van der Waals surface area contributed by atoms with Crippen LogP contribution in [0.25, 0.3) is 0 Å². The van der Waals surface area contributed by atoms with Crippen molar-refractivity contribution >= 4 is 5.91 Å². The molecule has 156 valence electrons. The van der Waals surface area contributed by atoms with Crippen molar-refractivity contribution in [3.63, 3.8) is 0 Å². The summed E-state index contributed by atoms with van der Waals surface area (Å²) in [5.41, 5.74) is 3.41. The van der Waals surface area contributed by atoms with Crippen LogP contribution in [-0.2, 0) is 4.79 Å². The number of nitrogens with one attached hydrogen (secondary N) is 1. The third-order valence-corrected chi connectivity index (χ3v) is 5.39. The summed E-state index contributed by atoms with van der Waals surface area (Å²) < 4.78 is 5.36. The lowest BCUT2D eigenvalue weighted by Gasteiger charge is -2.26. The number of carbonyl (C=O) groups is 1. The van der Waals surface area contributed by atoms with E-state index in [1.165, 1.54) is 0 Å². The van der Waals surface area contributed by atoms with Gasteiger partial charge in [0, 0.05) is 18.9 Å². The zero-order valence-corrected chi connectivity index (χ0v) is 17.9. The fourth-order valence-electron chi connectivity index (χ4n) is 3.71. The molecule has 0 bridgehead atoms. The summed E-state index contributed by atoms with van der Waals surface area (Å²) in [4.78, 5) is 15.0. The van der Waals surface area contributed by atoms with Crippen LogP contribution in [0, 0.1) is 0 Å². The third kappa shape index (κ3) is 5.71. The molecule has 0 spiro atoms. The van der Waals surface area contributed by atoms with E-state index in [-0.39, 0.29) is 17.9 Å². The number of hydrogen-bond acceptors (Lipinski definition) is 3. The van der Waals surface area contributed by atoms with Crippen LogP contribution < -0.4 is 10.1 Å². The highest BCUT2D eigenvalue weighted by atomic mass is 16.5. The predicted molar refractivity (Wildman–Crippen MR) is 122 cm³/mol. The summed E-state index contributed by atoms with van der Waals surface area (Å²) in [6, 6.07) is 28.5. The first kappa shape index (κ1) is 21.6. The van der Waals surface area contributed by atoms with Crippen molar-refractivity contribution in [1.82, 2.24) is 10.2 Å². The molecule has 0 fully saturated rings. The van der Waals surface area contributed by atoms with Crippen LogP contribution in [0.3, 0.4) is 0 Å². The van der Waals surface area contributed by atoms with Gasteiger partial charge in [-0.15, -0.1) is 0 Å². The van der Waals surface area contributed by atoms with Crippen LogP contribution in [0.15, 0.2) is 84.9 Å². The van der Waals surface area contributed by atoms with E-state index in [0.29, 0.717) is 13.0 Å². The molecule has 3 rings (SSSR count). The molecule has 0 aliphatic heterocycles. The normalized spacial score (nSPS) is 12.0. The second-order valence-corrected chi connectivity index (χ2v) is 7.64. The number of benzene rings is 3. The zero-order valence-electron chi connectivity index (χ0n) is 17.9. The average molecular weight is 403 g/mol. The summed E-state index contributed by atoms with van der Waals surface area (Å²) in [7, 11) is 5.71. The Morgan fingerprint density at radius 1 is 0.867 bits per heavy atom. The number of ether oxygens (including phenoxy) is 1. The van der Waals surface area contributed by atoms with Crippen LogP contribution >= 0.6 is 0 Å². The molecule has 1 N–H and O–H groups in total. The van der Waals surface area contributed by atoms with Gasteiger partial charge in [0.15, 0.2) is 0 Å². The van der Waals surface area contributed by atoms with Gasteiger partial charge in [0.25, 0.3) is 0 Å². The molecule has 4 heteroatoms. The molecule has 3 aromatic rings. The molecule has 1 unspecified atom stereocenters. The number of amides is 1. The van der Waals surface area contributed by atoms with Crippen molar-refractivity contribution in [3.8, 4) is 5.75 Å². The lowest BCUT2D eigenvalue weighted by molar-refractivity contribution is -0.121. The second-order valence-electron chi connectivity index (χ2n) is 7.64. The predicted octanol–water partition coefficient (Wildman–Crippen LogP) is 4.64. The summed E-state index contributed by atoms with van der Waals surface area (Å²) in [6.07, 6.45) is 0.409. The number of carbonyl (C=O) groups excluding carboxylic acids is 1. The lowest BCUT2D eigenvalue weighted by atomic mass is 9.88.